The first-order valence-electron chi connectivity index (χ1n) is 16.2. The van der Waals surface area contributed by atoms with Gasteiger partial charge in [-0.25, -0.2) is 9.59 Å². The van der Waals surface area contributed by atoms with Crippen molar-refractivity contribution in [2.45, 2.75) is 137 Å². The van der Waals surface area contributed by atoms with Gasteiger partial charge in [0.2, 0.25) is 0 Å². The van der Waals surface area contributed by atoms with E-state index in [1.807, 2.05) is 4.90 Å². The quantitative estimate of drug-likeness (QED) is 0.0668. The van der Waals surface area contributed by atoms with Crippen LogP contribution in [0.3, 0.4) is 0 Å². The van der Waals surface area contributed by atoms with Crippen molar-refractivity contribution in [1.82, 2.24) is 4.90 Å². The number of carbonyl (C=O) groups is 3. The Bertz CT molecular complexity index is 739. The van der Waals surface area contributed by atoms with Crippen LogP contribution < -0.4 is 0 Å². The average molecular weight is 564 g/mol. The van der Waals surface area contributed by atoms with Crippen molar-refractivity contribution >= 4 is 17.9 Å². The van der Waals surface area contributed by atoms with Gasteiger partial charge < -0.3 is 19.1 Å². The Balaban J connectivity index is 2.45. The van der Waals surface area contributed by atoms with E-state index in [0.717, 1.165) is 12.8 Å². The Labute approximate surface area is 244 Å². The van der Waals surface area contributed by atoms with Crippen LogP contribution in [0.25, 0.3) is 0 Å². The highest BCUT2D eigenvalue weighted by Gasteiger charge is 2.36. The van der Waals surface area contributed by atoms with Gasteiger partial charge in [0.05, 0.1) is 37.4 Å². The molecule has 1 rings (SSSR count). The molecule has 0 aromatic carbocycles. The third-order valence-corrected chi connectivity index (χ3v) is 7.33. The molecule has 7 heteroatoms. The van der Waals surface area contributed by atoms with Gasteiger partial charge in [-0.05, 0) is 27.2 Å². The monoisotopic (exact) mass is 563 g/mol. The lowest BCUT2D eigenvalue weighted by atomic mass is 9.86. The van der Waals surface area contributed by atoms with E-state index in [9.17, 15) is 14.4 Å². The Kier molecular flexibility index (Phi) is 20.9. The van der Waals surface area contributed by atoms with Crippen LogP contribution in [0.2, 0.25) is 0 Å². The molecule has 0 bridgehead atoms. The van der Waals surface area contributed by atoms with Gasteiger partial charge in [0.15, 0.2) is 0 Å². The highest BCUT2D eigenvalue weighted by Crippen LogP contribution is 2.32. The molecule has 0 aromatic heterocycles. The summed E-state index contributed by atoms with van der Waals surface area (Å²) >= 11 is 0. The lowest BCUT2D eigenvalue weighted by Crippen LogP contribution is -2.32. The smallest absolute Gasteiger partial charge is 0.336 e. The molecule has 230 valence electrons. The molecule has 1 heterocycles. The fourth-order valence-electron chi connectivity index (χ4n) is 5.14. The highest BCUT2D eigenvalue weighted by molar-refractivity contribution is 5.97. The van der Waals surface area contributed by atoms with E-state index in [1.165, 1.54) is 89.9 Å². The van der Waals surface area contributed by atoms with Crippen molar-refractivity contribution < 1.29 is 28.6 Å². The Hall–Kier alpha value is -2.31. The van der Waals surface area contributed by atoms with Crippen LogP contribution in [-0.4, -0.2) is 49.2 Å². The second-order valence-electron chi connectivity index (χ2n) is 10.7. The number of rotatable bonds is 24. The van der Waals surface area contributed by atoms with Crippen molar-refractivity contribution in [2.75, 3.05) is 26.4 Å². The summed E-state index contributed by atoms with van der Waals surface area (Å²) in [5.41, 5.74) is 0.578. The molecule has 1 aliphatic heterocycles. The number of ether oxygens (including phenoxy) is 3. The molecule has 0 aliphatic carbocycles. The topological polar surface area (TPSA) is 82.1 Å². The van der Waals surface area contributed by atoms with E-state index in [1.54, 1.807) is 33.2 Å². The summed E-state index contributed by atoms with van der Waals surface area (Å²) in [7, 11) is 0. The SMILES string of the molecule is CCCCCCCCCCCCCCCCCCN1C=C(C(=O)OCC)C(CC(=O)OCC)C(C(=O)OCC)=C1. The minimum atomic E-state index is -0.751. The van der Waals surface area contributed by atoms with Crippen molar-refractivity contribution in [3.63, 3.8) is 0 Å². The molecule has 0 atom stereocenters. The summed E-state index contributed by atoms with van der Waals surface area (Å²) < 4.78 is 15.6. The summed E-state index contributed by atoms with van der Waals surface area (Å²) in [6, 6.07) is 0. The molecule has 7 nitrogen and oxygen atoms in total. The molecular weight excluding hydrogens is 506 g/mol. The van der Waals surface area contributed by atoms with Crippen LogP contribution in [0.5, 0.6) is 0 Å². The zero-order chi connectivity index (χ0) is 29.4. The third-order valence-electron chi connectivity index (χ3n) is 7.33. The summed E-state index contributed by atoms with van der Waals surface area (Å²) in [5, 5.41) is 0. The standard InChI is InChI=1S/C33H57NO6/c1-5-9-10-11-12-13-14-15-16-17-18-19-20-21-22-23-24-34-26-29(32(36)39-7-3)28(25-31(35)38-6-2)30(27-34)33(37)40-8-4/h26-28H,5-25H2,1-4H3. The number of unbranched alkanes of at least 4 members (excludes halogenated alkanes) is 15. The molecule has 0 fully saturated rings. The van der Waals surface area contributed by atoms with Gasteiger partial charge in [0, 0.05) is 24.9 Å². The van der Waals surface area contributed by atoms with Crippen molar-refractivity contribution in [1.29, 1.82) is 0 Å². The zero-order valence-corrected chi connectivity index (χ0v) is 26.0. The predicted octanol–water partition coefficient (Wildman–Crippen LogP) is 8.03. The van der Waals surface area contributed by atoms with Crippen LogP contribution in [0.4, 0.5) is 0 Å². The van der Waals surface area contributed by atoms with E-state index in [4.69, 9.17) is 14.2 Å². The van der Waals surface area contributed by atoms with Gasteiger partial charge in [-0.3, -0.25) is 4.79 Å². The molecule has 40 heavy (non-hydrogen) atoms. The van der Waals surface area contributed by atoms with Crippen molar-refractivity contribution in [3.8, 4) is 0 Å². The fourth-order valence-corrected chi connectivity index (χ4v) is 5.14. The average Bonchev–Trinajstić information content (AvgIpc) is 2.93. The first-order valence-corrected chi connectivity index (χ1v) is 16.2. The maximum atomic E-state index is 12.8. The molecule has 1 aliphatic rings. The maximum Gasteiger partial charge on any atom is 0.336 e. The van der Waals surface area contributed by atoms with Crippen LogP contribution in [-0.2, 0) is 28.6 Å². The minimum Gasteiger partial charge on any atom is -0.466 e. The number of hydrogen-bond donors (Lipinski definition) is 0. The van der Waals surface area contributed by atoms with E-state index in [0.29, 0.717) is 6.54 Å². The van der Waals surface area contributed by atoms with E-state index in [-0.39, 0.29) is 37.4 Å². The largest absolute Gasteiger partial charge is 0.466 e. The fraction of sp³-hybridized carbons (Fsp3) is 0.788. The first kappa shape index (κ1) is 35.7. The van der Waals surface area contributed by atoms with Gasteiger partial charge in [-0.15, -0.1) is 0 Å². The van der Waals surface area contributed by atoms with E-state index < -0.39 is 23.8 Å². The molecule has 0 amide bonds. The molecular formula is C33H57NO6. The predicted molar refractivity (Wildman–Crippen MR) is 160 cm³/mol. The lowest BCUT2D eigenvalue weighted by Gasteiger charge is -2.29. The molecule has 0 N–H and O–H groups in total. The number of nitrogens with zero attached hydrogens (tertiary/aromatic N) is 1. The second-order valence-corrected chi connectivity index (χ2v) is 10.7. The summed E-state index contributed by atoms with van der Waals surface area (Å²) in [5.74, 6) is -2.27. The van der Waals surface area contributed by atoms with Crippen molar-refractivity contribution in [3.05, 3.63) is 23.5 Å². The van der Waals surface area contributed by atoms with E-state index >= 15 is 0 Å². The molecule has 0 spiro atoms. The first-order chi connectivity index (χ1) is 19.5. The zero-order valence-electron chi connectivity index (χ0n) is 26.0. The van der Waals surface area contributed by atoms with Crippen LogP contribution in [0.15, 0.2) is 23.5 Å². The second kappa shape index (κ2) is 23.4. The Morgan fingerprint density at radius 3 is 1.32 bits per heavy atom. The normalized spacial score (nSPS) is 13.6. The molecule has 0 radical (unpaired) electrons. The van der Waals surface area contributed by atoms with Gasteiger partial charge in [-0.2, -0.15) is 0 Å². The Morgan fingerprint density at radius 2 is 0.950 bits per heavy atom. The number of hydrogen-bond acceptors (Lipinski definition) is 7. The van der Waals surface area contributed by atoms with Gasteiger partial charge >= 0.3 is 17.9 Å². The molecule has 0 unspecified atom stereocenters. The number of esters is 3. The summed E-state index contributed by atoms with van der Waals surface area (Å²) in [4.78, 5) is 39.7. The van der Waals surface area contributed by atoms with Gasteiger partial charge in [0.1, 0.15) is 0 Å². The van der Waals surface area contributed by atoms with Crippen LogP contribution in [0.1, 0.15) is 137 Å². The third kappa shape index (κ3) is 15.5. The lowest BCUT2D eigenvalue weighted by molar-refractivity contribution is -0.144. The molecule has 0 saturated carbocycles. The van der Waals surface area contributed by atoms with E-state index in [2.05, 4.69) is 6.92 Å². The Morgan fingerprint density at radius 1 is 0.575 bits per heavy atom. The highest BCUT2D eigenvalue weighted by atomic mass is 16.5. The number of carbonyl (C=O) groups excluding carboxylic acids is 3. The summed E-state index contributed by atoms with van der Waals surface area (Å²) in [6.07, 6.45) is 24.2. The van der Waals surface area contributed by atoms with Crippen LogP contribution >= 0.6 is 0 Å². The molecule has 0 aromatic rings. The minimum absolute atomic E-state index is 0.115. The maximum absolute atomic E-state index is 12.8. The van der Waals surface area contributed by atoms with Gasteiger partial charge in [-0.1, -0.05) is 103 Å². The van der Waals surface area contributed by atoms with Crippen molar-refractivity contribution in [2.24, 2.45) is 5.92 Å². The summed E-state index contributed by atoms with van der Waals surface area (Å²) in [6.45, 7) is 8.79. The molecule has 0 saturated heterocycles. The van der Waals surface area contributed by atoms with Crippen LogP contribution in [0, 0.1) is 5.92 Å². The van der Waals surface area contributed by atoms with Gasteiger partial charge in [0.25, 0.3) is 0 Å².